The van der Waals surface area contributed by atoms with E-state index in [0.29, 0.717) is 10.8 Å². The number of thiazole rings is 1. The highest BCUT2D eigenvalue weighted by Crippen LogP contribution is 2.28. The predicted molar refractivity (Wildman–Crippen MR) is 89.1 cm³/mol. The van der Waals surface area contributed by atoms with Gasteiger partial charge >= 0.3 is 0 Å². The highest BCUT2D eigenvalue weighted by molar-refractivity contribution is 7.15. The fourth-order valence-electron chi connectivity index (χ4n) is 2.80. The Morgan fingerprint density at radius 1 is 1.35 bits per heavy atom. The maximum Gasteiger partial charge on any atom is 0.254 e. The first kappa shape index (κ1) is 15.7. The van der Waals surface area contributed by atoms with Gasteiger partial charge in [0.15, 0.2) is 5.13 Å². The molecule has 1 amide bonds. The maximum atomic E-state index is 12.2. The molecule has 0 saturated carbocycles. The number of hydrogen-bond donors (Lipinski definition) is 2. The summed E-state index contributed by atoms with van der Waals surface area (Å²) in [6.45, 7) is 1.59. The first-order chi connectivity index (χ1) is 11.0. The van der Waals surface area contributed by atoms with Crippen LogP contribution in [0.15, 0.2) is 16.9 Å². The van der Waals surface area contributed by atoms with Crippen molar-refractivity contribution in [3.05, 3.63) is 38.8 Å². The molecular weight excluding hydrogens is 314 g/mol. The van der Waals surface area contributed by atoms with E-state index in [9.17, 15) is 14.7 Å². The molecular formula is C16H19N3O3S. The summed E-state index contributed by atoms with van der Waals surface area (Å²) >= 11 is 1.53. The molecule has 0 fully saturated rings. The zero-order valence-electron chi connectivity index (χ0n) is 13.0. The average molecular weight is 333 g/mol. The highest BCUT2D eigenvalue weighted by atomic mass is 32.1. The second-order valence-corrected chi connectivity index (χ2v) is 6.86. The molecule has 1 aliphatic rings. The Kier molecular flexibility index (Phi) is 4.47. The average Bonchev–Trinajstić information content (AvgIpc) is 2.71. The zero-order chi connectivity index (χ0) is 16.4. The van der Waals surface area contributed by atoms with Crippen molar-refractivity contribution < 1.29 is 9.90 Å². The van der Waals surface area contributed by atoms with Gasteiger partial charge in [0.05, 0.1) is 5.69 Å². The smallest absolute Gasteiger partial charge is 0.254 e. The van der Waals surface area contributed by atoms with Crippen molar-refractivity contribution in [2.75, 3.05) is 5.32 Å². The fourth-order valence-corrected chi connectivity index (χ4v) is 3.87. The number of amides is 1. The molecule has 23 heavy (non-hydrogen) atoms. The molecule has 122 valence electrons. The second-order valence-electron chi connectivity index (χ2n) is 5.78. The van der Waals surface area contributed by atoms with E-state index in [-0.39, 0.29) is 18.2 Å². The van der Waals surface area contributed by atoms with Crippen LogP contribution in [0.1, 0.15) is 35.5 Å². The van der Waals surface area contributed by atoms with Crippen LogP contribution in [0.5, 0.6) is 5.75 Å². The van der Waals surface area contributed by atoms with Crippen molar-refractivity contribution in [3.8, 4) is 5.75 Å². The number of nitrogens with one attached hydrogen (secondary N) is 1. The molecule has 2 N–H and O–H groups in total. The molecule has 2 heterocycles. The number of aromatic hydroxyl groups is 1. The van der Waals surface area contributed by atoms with Gasteiger partial charge in [-0.3, -0.25) is 9.59 Å². The number of pyridine rings is 1. The van der Waals surface area contributed by atoms with Crippen molar-refractivity contribution in [2.45, 2.75) is 45.6 Å². The van der Waals surface area contributed by atoms with Crippen LogP contribution in [0.2, 0.25) is 0 Å². The summed E-state index contributed by atoms with van der Waals surface area (Å²) in [6, 6.07) is 2.56. The third kappa shape index (κ3) is 3.61. The Morgan fingerprint density at radius 2 is 2.13 bits per heavy atom. The number of nitrogens with zero attached hydrogens (tertiary/aromatic N) is 2. The van der Waals surface area contributed by atoms with Gasteiger partial charge in [-0.15, -0.1) is 11.3 Å². The minimum Gasteiger partial charge on any atom is -0.508 e. The molecule has 0 aliphatic heterocycles. The summed E-state index contributed by atoms with van der Waals surface area (Å²) in [5.74, 6) is -0.377. The molecule has 2 aromatic rings. The van der Waals surface area contributed by atoms with Gasteiger partial charge in [-0.2, -0.15) is 0 Å². The third-order valence-corrected chi connectivity index (χ3v) is 5.04. The Hall–Kier alpha value is -2.15. The molecule has 7 heteroatoms. The van der Waals surface area contributed by atoms with E-state index in [1.165, 1.54) is 39.7 Å². The molecule has 0 atom stereocenters. The van der Waals surface area contributed by atoms with Crippen LogP contribution < -0.4 is 10.9 Å². The van der Waals surface area contributed by atoms with Gasteiger partial charge in [-0.05, 0) is 38.7 Å². The molecule has 0 unspecified atom stereocenters. The molecule has 0 aromatic carbocycles. The molecule has 0 radical (unpaired) electrons. The van der Waals surface area contributed by atoms with Gasteiger partial charge in [0.25, 0.3) is 5.56 Å². The van der Waals surface area contributed by atoms with Crippen molar-refractivity contribution in [1.82, 2.24) is 9.55 Å². The molecule has 3 rings (SSSR count). The largest absolute Gasteiger partial charge is 0.508 e. The quantitative estimate of drug-likeness (QED) is 0.844. The number of rotatable bonds is 3. The van der Waals surface area contributed by atoms with Crippen LogP contribution in [0.3, 0.4) is 0 Å². The number of hydrogen-bond acceptors (Lipinski definition) is 5. The van der Waals surface area contributed by atoms with Gasteiger partial charge in [-0.25, -0.2) is 4.98 Å². The van der Waals surface area contributed by atoms with E-state index in [0.717, 1.165) is 31.0 Å². The lowest BCUT2D eigenvalue weighted by Crippen LogP contribution is -2.28. The van der Waals surface area contributed by atoms with Crippen molar-refractivity contribution >= 4 is 22.4 Å². The van der Waals surface area contributed by atoms with Crippen LogP contribution in [0.25, 0.3) is 0 Å². The van der Waals surface area contributed by atoms with Crippen LogP contribution in [0, 0.1) is 6.92 Å². The molecule has 0 spiro atoms. The number of aryl methyl sites for hydroxylation is 3. The summed E-state index contributed by atoms with van der Waals surface area (Å²) in [5.41, 5.74) is 1.24. The van der Waals surface area contributed by atoms with Crippen LogP contribution in [-0.2, 0) is 24.2 Å². The summed E-state index contributed by atoms with van der Waals surface area (Å²) in [5, 5.41) is 12.8. The van der Waals surface area contributed by atoms with E-state index in [1.54, 1.807) is 6.92 Å². The van der Waals surface area contributed by atoms with Gasteiger partial charge in [-0.1, -0.05) is 6.42 Å². The SMILES string of the molecule is Cc1cc(O)cc(=O)n1CC(=O)Nc1nc2c(s1)CCCCC2. The van der Waals surface area contributed by atoms with E-state index >= 15 is 0 Å². The van der Waals surface area contributed by atoms with Crippen LogP contribution in [0.4, 0.5) is 5.13 Å². The summed E-state index contributed by atoms with van der Waals surface area (Å²) in [6.07, 6.45) is 5.54. The number of aromatic nitrogens is 2. The number of carbonyl (C=O) groups excluding carboxylic acids is 1. The minimum absolute atomic E-state index is 0.0881. The fraction of sp³-hybridized carbons (Fsp3) is 0.438. The van der Waals surface area contributed by atoms with Crippen molar-refractivity contribution in [2.24, 2.45) is 0 Å². The maximum absolute atomic E-state index is 12.2. The monoisotopic (exact) mass is 333 g/mol. The molecule has 0 bridgehead atoms. The first-order valence-corrected chi connectivity index (χ1v) is 8.53. The summed E-state index contributed by atoms with van der Waals surface area (Å²) in [7, 11) is 0. The van der Waals surface area contributed by atoms with Crippen molar-refractivity contribution in [3.63, 3.8) is 0 Å². The topological polar surface area (TPSA) is 84.2 Å². The number of anilines is 1. The van der Waals surface area contributed by atoms with E-state index in [4.69, 9.17) is 0 Å². The number of fused-ring (bicyclic) bond motifs is 1. The standard InChI is InChI=1S/C16H19N3O3S/c1-10-7-11(20)8-15(22)19(10)9-14(21)18-16-17-12-5-3-2-4-6-13(12)23-16/h7-8,20H,2-6,9H2,1H3,(H,17,18,21). The molecule has 6 nitrogen and oxygen atoms in total. The lowest BCUT2D eigenvalue weighted by molar-refractivity contribution is -0.116. The molecule has 1 aliphatic carbocycles. The lowest BCUT2D eigenvalue weighted by atomic mass is 10.2. The molecule has 0 saturated heterocycles. The van der Waals surface area contributed by atoms with Gasteiger partial charge in [0.1, 0.15) is 12.3 Å². The van der Waals surface area contributed by atoms with E-state index in [1.807, 2.05) is 0 Å². The predicted octanol–water partition coefficient (Wildman–Crippen LogP) is 2.23. The normalized spacial score (nSPS) is 14.1. The van der Waals surface area contributed by atoms with E-state index in [2.05, 4.69) is 10.3 Å². The van der Waals surface area contributed by atoms with Crippen LogP contribution in [-0.4, -0.2) is 20.6 Å². The lowest BCUT2D eigenvalue weighted by Gasteiger charge is -2.09. The van der Waals surface area contributed by atoms with Crippen LogP contribution >= 0.6 is 11.3 Å². The molecule has 2 aromatic heterocycles. The second kappa shape index (κ2) is 6.54. The summed E-state index contributed by atoms with van der Waals surface area (Å²) in [4.78, 5) is 29.8. The van der Waals surface area contributed by atoms with Gasteiger partial charge in [0, 0.05) is 16.6 Å². The Bertz CT molecular complexity index is 771. The first-order valence-electron chi connectivity index (χ1n) is 7.72. The zero-order valence-corrected chi connectivity index (χ0v) is 13.8. The van der Waals surface area contributed by atoms with E-state index < -0.39 is 5.56 Å². The van der Waals surface area contributed by atoms with Crippen molar-refractivity contribution in [1.29, 1.82) is 0 Å². The Labute approximate surface area is 137 Å². The van der Waals surface area contributed by atoms with Gasteiger partial charge in [0.2, 0.25) is 5.91 Å². The summed E-state index contributed by atoms with van der Waals surface area (Å²) < 4.78 is 1.33. The van der Waals surface area contributed by atoms with Gasteiger partial charge < -0.3 is 15.0 Å². The Morgan fingerprint density at radius 3 is 2.91 bits per heavy atom. The number of carbonyl (C=O) groups is 1. The highest BCUT2D eigenvalue weighted by Gasteiger charge is 2.16. The Balaban J connectivity index is 1.72. The minimum atomic E-state index is -0.396. The third-order valence-electron chi connectivity index (χ3n) is 3.96.